The van der Waals surface area contributed by atoms with E-state index in [1.54, 1.807) is 6.92 Å². The first-order valence-electron chi connectivity index (χ1n) is 7.94. The molecule has 2 aliphatic rings. The van der Waals surface area contributed by atoms with Crippen molar-refractivity contribution in [3.8, 4) is 0 Å². The molecule has 0 bridgehead atoms. The Hall–Kier alpha value is -1.43. The molecule has 0 aliphatic carbocycles. The molecule has 0 aromatic carbocycles. The second-order valence-electron chi connectivity index (χ2n) is 6.29. The molecule has 116 valence electrons. The van der Waals surface area contributed by atoms with E-state index in [1.807, 2.05) is 4.90 Å². The highest BCUT2D eigenvalue weighted by atomic mass is 16.5. The summed E-state index contributed by atoms with van der Waals surface area (Å²) in [6, 6.07) is 0.0597. The Balaban J connectivity index is 1.66. The van der Waals surface area contributed by atoms with Crippen LogP contribution in [0.2, 0.25) is 0 Å². The van der Waals surface area contributed by atoms with E-state index in [-0.39, 0.29) is 17.9 Å². The minimum absolute atomic E-state index is 0.0597. The fraction of sp³-hybridized carbons (Fsp3) is 0.800. The second-order valence-corrected chi connectivity index (χ2v) is 6.29. The average Bonchev–Trinajstić information content (AvgIpc) is 2.94. The number of amides is 1. The van der Waals surface area contributed by atoms with Gasteiger partial charge in [0.15, 0.2) is 5.82 Å². The van der Waals surface area contributed by atoms with Crippen LogP contribution >= 0.6 is 0 Å². The summed E-state index contributed by atoms with van der Waals surface area (Å²) in [7, 11) is 2.06. The molecule has 3 rings (SSSR count). The van der Waals surface area contributed by atoms with Crippen LogP contribution in [0.4, 0.5) is 0 Å². The van der Waals surface area contributed by atoms with E-state index < -0.39 is 0 Å². The normalized spacial score (nSPS) is 27.8. The lowest BCUT2D eigenvalue weighted by molar-refractivity contribution is -0.138. The molecule has 2 aliphatic heterocycles. The molecule has 0 N–H and O–H groups in total. The maximum Gasteiger partial charge on any atom is 0.239 e. The topological polar surface area (TPSA) is 62.5 Å². The minimum atomic E-state index is 0.0597. The van der Waals surface area contributed by atoms with Gasteiger partial charge in [-0.15, -0.1) is 0 Å². The number of likely N-dealkylation sites (tertiary alicyclic amines) is 2. The third kappa shape index (κ3) is 3.10. The number of nitrogens with zero attached hydrogens (tertiary/aromatic N) is 4. The van der Waals surface area contributed by atoms with Crippen LogP contribution in [0.5, 0.6) is 0 Å². The molecule has 6 nitrogen and oxygen atoms in total. The Bertz CT molecular complexity index is 502. The van der Waals surface area contributed by atoms with Crippen LogP contribution < -0.4 is 0 Å². The van der Waals surface area contributed by atoms with Crippen LogP contribution in [0, 0.1) is 6.92 Å². The number of piperidine rings is 2. The largest absolute Gasteiger partial charge is 0.341 e. The van der Waals surface area contributed by atoms with Gasteiger partial charge in [-0.25, -0.2) is 0 Å². The summed E-state index contributed by atoms with van der Waals surface area (Å²) in [5.74, 6) is 1.85. The number of hydrogen-bond acceptors (Lipinski definition) is 5. The van der Waals surface area contributed by atoms with Gasteiger partial charge in [0.05, 0.1) is 6.04 Å². The van der Waals surface area contributed by atoms with Crippen molar-refractivity contribution in [1.29, 1.82) is 0 Å². The first-order chi connectivity index (χ1) is 10.1. The van der Waals surface area contributed by atoms with Crippen molar-refractivity contribution in [2.75, 3.05) is 26.7 Å². The number of rotatable bonds is 2. The van der Waals surface area contributed by atoms with E-state index in [4.69, 9.17) is 4.52 Å². The van der Waals surface area contributed by atoms with Crippen molar-refractivity contribution in [3.63, 3.8) is 0 Å². The Morgan fingerprint density at radius 1 is 1.24 bits per heavy atom. The Morgan fingerprint density at radius 2 is 2.10 bits per heavy atom. The fourth-order valence-electron chi connectivity index (χ4n) is 3.47. The van der Waals surface area contributed by atoms with Gasteiger partial charge < -0.3 is 9.42 Å². The van der Waals surface area contributed by atoms with Crippen molar-refractivity contribution >= 4 is 5.91 Å². The molecule has 1 aromatic rings. The van der Waals surface area contributed by atoms with Gasteiger partial charge >= 0.3 is 0 Å². The molecule has 1 amide bonds. The van der Waals surface area contributed by atoms with Gasteiger partial charge in [-0.2, -0.15) is 4.98 Å². The minimum Gasteiger partial charge on any atom is -0.341 e. The number of carbonyl (C=O) groups is 1. The third-order valence-corrected chi connectivity index (χ3v) is 4.70. The number of aryl methyl sites for hydroxylation is 1. The molecule has 2 atom stereocenters. The Kier molecular flexibility index (Phi) is 4.24. The lowest BCUT2D eigenvalue weighted by Gasteiger charge is -2.38. The SMILES string of the molecule is Cc1nc([C@H]2CCCN(C(=O)[C@@H]3CCCCN3C)C2)no1. The van der Waals surface area contributed by atoms with Gasteiger partial charge in [0, 0.05) is 25.9 Å². The number of likely N-dealkylation sites (N-methyl/N-ethyl adjacent to an activating group) is 1. The van der Waals surface area contributed by atoms with Gasteiger partial charge in [0.1, 0.15) is 0 Å². The van der Waals surface area contributed by atoms with E-state index in [2.05, 4.69) is 22.1 Å². The molecule has 3 heterocycles. The molecule has 0 radical (unpaired) electrons. The summed E-state index contributed by atoms with van der Waals surface area (Å²) in [5, 5.41) is 4.03. The Labute approximate surface area is 125 Å². The van der Waals surface area contributed by atoms with Crippen LogP contribution in [0.25, 0.3) is 0 Å². The second kappa shape index (κ2) is 6.13. The molecule has 0 saturated carbocycles. The number of carbonyl (C=O) groups excluding carboxylic acids is 1. The summed E-state index contributed by atoms with van der Waals surface area (Å²) in [5.41, 5.74) is 0. The average molecular weight is 292 g/mol. The molecular formula is C15H24N4O2. The van der Waals surface area contributed by atoms with E-state index in [9.17, 15) is 4.79 Å². The molecule has 0 unspecified atom stereocenters. The van der Waals surface area contributed by atoms with Crippen LogP contribution in [0.3, 0.4) is 0 Å². The highest BCUT2D eigenvalue weighted by Crippen LogP contribution is 2.27. The van der Waals surface area contributed by atoms with Crippen LogP contribution in [-0.4, -0.2) is 58.6 Å². The predicted octanol–water partition coefficient (Wildman–Crippen LogP) is 1.57. The monoisotopic (exact) mass is 292 g/mol. The summed E-state index contributed by atoms with van der Waals surface area (Å²) in [4.78, 5) is 21.3. The zero-order valence-electron chi connectivity index (χ0n) is 12.9. The highest BCUT2D eigenvalue weighted by molar-refractivity contribution is 5.82. The quantitative estimate of drug-likeness (QED) is 0.828. The predicted molar refractivity (Wildman–Crippen MR) is 77.9 cm³/mol. The fourth-order valence-corrected chi connectivity index (χ4v) is 3.47. The first kappa shape index (κ1) is 14.5. The zero-order valence-corrected chi connectivity index (χ0v) is 12.9. The summed E-state index contributed by atoms with van der Waals surface area (Å²) >= 11 is 0. The van der Waals surface area contributed by atoms with Gasteiger partial charge in [-0.05, 0) is 39.3 Å². The van der Waals surface area contributed by atoms with Crippen molar-refractivity contribution in [2.24, 2.45) is 0 Å². The first-order valence-corrected chi connectivity index (χ1v) is 7.94. The van der Waals surface area contributed by atoms with E-state index in [0.717, 1.165) is 51.1 Å². The summed E-state index contributed by atoms with van der Waals surface area (Å²) in [6.45, 7) is 4.41. The molecule has 2 saturated heterocycles. The lowest BCUT2D eigenvalue weighted by Crippen LogP contribution is -2.51. The van der Waals surface area contributed by atoms with E-state index in [0.29, 0.717) is 5.89 Å². The maximum atomic E-state index is 12.8. The van der Waals surface area contributed by atoms with E-state index in [1.165, 1.54) is 6.42 Å². The Morgan fingerprint density at radius 3 is 2.81 bits per heavy atom. The number of aromatic nitrogens is 2. The standard InChI is InChI=1S/C15H24N4O2/c1-11-16-14(17-21-11)12-6-5-9-19(10-12)15(20)13-7-3-4-8-18(13)2/h12-13H,3-10H2,1-2H3/t12-,13-/m0/s1. The third-order valence-electron chi connectivity index (χ3n) is 4.70. The summed E-state index contributed by atoms with van der Waals surface area (Å²) in [6.07, 6.45) is 5.38. The van der Waals surface area contributed by atoms with Crippen molar-refractivity contribution < 1.29 is 9.32 Å². The molecular weight excluding hydrogens is 268 g/mol. The van der Waals surface area contributed by atoms with Gasteiger partial charge in [0.25, 0.3) is 0 Å². The van der Waals surface area contributed by atoms with Crippen LogP contribution in [0.1, 0.15) is 49.7 Å². The van der Waals surface area contributed by atoms with E-state index >= 15 is 0 Å². The van der Waals surface area contributed by atoms with Crippen molar-refractivity contribution in [1.82, 2.24) is 19.9 Å². The smallest absolute Gasteiger partial charge is 0.239 e. The van der Waals surface area contributed by atoms with Crippen molar-refractivity contribution in [2.45, 2.75) is 51.0 Å². The molecule has 0 spiro atoms. The zero-order chi connectivity index (χ0) is 14.8. The molecule has 1 aromatic heterocycles. The van der Waals surface area contributed by atoms with Crippen molar-refractivity contribution in [3.05, 3.63) is 11.7 Å². The molecule has 6 heteroatoms. The number of hydrogen-bond donors (Lipinski definition) is 0. The molecule has 2 fully saturated rings. The van der Waals surface area contributed by atoms with Crippen LogP contribution in [-0.2, 0) is 4.79 Å². The maximum absolute atomic E-state index is 12.8. The molecule has 21 heavy (non-hydrogen) atoms. The van der Waals surface area contributed by atoms with Gasteiger partial charge in [-0.3, -0.25) is 9.69 Å². The highest BCUT2D eigenvalue weighted by Gasteiger charge is 2.33. The lowest BCUT2D eigenvalue weighted by atomic mass is 9.95. The van der Waals surface area contributed by atoms with Crippen LogP contribution in [0.15, 0.2) is 4.52 Å². The summed E-state index contributed by atoms with van der Waals surface area (Å²) < 4.78 is 5.07. The van der Waals surface area contributed by atoms with Gasteiger partial charge in [-0.1, -0.05) is 11.6 Å². The van der Waals surface area contributed by atoms with Gasteiger partial charge in [0.2, 0.25) is 11.8 Å².